The number of hydrogen-bond acceptors (Lipinski definition) is 4. The summed E-state index contributed by atoms with van der Waals surface area (Å²) in [6.45, 7) is 4.18. The van der Waals surface area contributed by atoms with Gasteiger partial charge in [-0.25, -0.2) is 0 Å². The van der Waals surface area contributed by atoms with Gasteiger partial charge in [0.1, 0.15) is 0 Å². The molecule has 1 fully saturated rings. The molecule has 0 aliphatic carbocycles. The monoisotopic (exact) mass is 514 g/mol. The van der Waals surface area contributed by atoms with Crippen LogP contribution in [0.1, 0.15) is 10.4 Å². The van der Waals surface area contributed by atoms with Crippen molar-refractivity contribution in [1.29, 1.82) is 0 Å². The number of amides is 1. The Labute approximate surface area is 183 Å². The fourth-order valence-electron chi connectivity index (χ4n) is 2.82. The average molecular weight is 515 g/mol. The van der Waals surface area contributed by atoms with E-state index < -0.39 is 0 Å². The second-order valence-electron chi connectivity index (χ2n) is 6.37. The molecular formula is C19H20ClIN4OS. The summed E-state index contributed by atoms with van der Waals surface area (Å²) in [4.78, 5) is 17.1. The van der Waals surface area contributed by atoms with Gasteiger partial charge in [0.25, 0.3) is 5.91 Å². The quantitative estimate of drug-likeness (QED) is 0.482. The normalized spacial score (nSPS) is 14.7. The molecule has 8 heteroatoms. The Bertz CT molecular complexity index is 838. The maximum atomic E-state index is 12.4. The fourth-order valence-corrected chi connectivity index (χ4v) is 3.73. The van der Waals surface area contributed by atoms with Gasteiger partial charge in [-0.1, -0.05) is 11.6 Å². The highest BCUT2D eigenvalue weighted by Gasteiger charge is 2.15. The highest BCUT2D eigenvalue weighted by atomic mass is 127. The largest absolute Gasteiger partial charge is 0.369 e. The smallest absolute Gasteiger partial charge is 0.258 e. The number of anilines is 2. The third-order valence-corrected chi connectivity index (χ3v) is 5.60. The van der Waals surface area contributed by atoms with Gasteiger partial charge in [-0.3, -0.25) is 10.1 Å². The highest BCUT2D eigenvalue weighted by molar-refractivity contribution is 14.1. The summed E-state index contributed by atoms with van der Waals surface area (Å²) in [5.41, 5.74) is 2.42. The maximum Gasteiger partial charge on any atom is 0.258 e. The first-order valence-corrected chi connectivity index (χ1v) is 10.4. The summed E-state index contributed by atoms with van der Waals surface area (Å²) in [7, 11) is 2.14. The van der Waals surface area contributed by atoms with Crippen molar-refractivity contribution in [3.05, 3.63) is 56.6 Å². The number of nitrogens with one attached hydrogen (secondary N) is 2. The van der Waals surface area contributed by atoms with Crippen LogP contribution in [0.25, 0.3) is 0 Å². The zero-order valence-corrected chi connectivity index (χ0v) is 18.6. The van der Waals surface area contributed by atoms with Crippen LogP contribution in [0.15, 0.2) is 42.5 Å². The van der Waals surface area contributed by atoms with Crippen LogP contribution >= 0.6 is 46.4 Å². The van der Waals surface area contributed by atoms with Crippen molar-refractivity contribution in [2.75, 3.05) is 43.4 Å². The van der Waals surface area contributed by atoms with Crippen molar-refractivity contribution in [3.63, 3.8) is 0 Å². The number of rotatable bonds is 3. The minimum Gasteiger partial charge on any atom is -0.369 e. The molecule has 2 aromatic carbocycles. The number of piperazine rings is 1. The average Bonchev–Trinajstić information content (AvgIpc) is 2.65. The molecule has 1 amide bonds. The molecule has 1 aliphatic heterocycles. The number of nitrogens with zero attached hydrogens (tertiary/aromatic N) is 2. The Hall–Kier alpha value is -1.42. The number of carbonyl (C=O) groups excluding carboxylic acids is 1. The summed E-state index contributed by atoms with van der Waals surface area (Å²) in [5.74, 6) is -0.329. The first-order chi connectivity index (χ1) is 12.9. The van der Waals surface area contributed by atoms with Crippen LogP contribution in [0.5, 0.6) is 0 Å². The van der Waals surface area contributed by atoms with Crippen molar-refractivity contribution in [2.24, 2.45) is 0 Å². The summed E-state index contributed by atoms with van der Waals surface area (Å²) < 4.78 is 0.931. The zero-order chi connectivity index (χ0) is 19.4. The minimum atomic E-state index is -0.329. The highest BCUT2D eigenvalue weighted by Crippen LogP contribution is 2.20. The number of carbonyl (C=O) groups is 1. The van der Waals surface area contributed by atoms with Gasteiger partial charge in [-0.15, -0.1) is 0 Å². The van der Waals surface area contributed by atoms with Crippen LogP contribution in [-0.2, 0) is 0 Å². The lowest BCUT2D eigenvalue weighted by atomic mass is 10.2. The van der Waals surface area contributed by atoms with E-state index in [1.807, 2.05) is 18.2 Å². The van der Waals surface area contributed by atoms with Gasteiger partial charge in [-0.2, -0.15) is 0 Å². The molecule has 0 saturated carbocycles. The fraction of sp³-hybridized carbons (Fsp3) is 0.263. The van der Waals surface area contributed by atoms with Crippen LogP contribution in [0, 0.1) is 3.57 Å². The summed E-state index contributed by atoms with van der Waals surface area (Å²) >= 11 is 13.5. The number of benzene rings is 2. The number of hydrogen-bond donors (Lipinski definition) is 2. The van der Waals surface area contributed by atoms with E-state index in [0.717, 1.165) is 35.4 Å². The standard InChI is InChI=1S/C19H20ClIN4OS/c1-24-8-10-25(11-9-24)15-5-3-14(4-6-15)22-19(27)23-18(26)16-12-13(21)2-7-17(16)20/h2-7,12H,8-11H2,1H3,(H2,22,23,26,27). The van der Waals surface area contributed by atoms with Crippen LogP contribution < -0.4 is 15.5 Å². The van der Waals surface area contributed by atoms with Gasteiger partial charge in [0.2, 0.25) is 0 Å². The van der Waals surface area contributed by atoms with E-state index in [9.17, 15) is 4.79 Å². The van der Waals surface area contributed by atoms with E-state index in [0.29, 0.717) is 10.6 Å². The Morgan fingerprint density at radius 2 is 1.78 bits per heavy atom. The summed E-state index contributed by atoms with van der Waals surface area (Å²) in [5, 5.41) is 6.35. The molecule has 0 atom stereocenters. The van der Waals surface area contributed by atoms with Crippen LogP contribution in [0.2, 0.25) is 5.02 Å². The van der Waals surface area contributed by atoms with Gasteiger partial charge in [0, 0.05) is 41.1 Å². The van der Waals surface area contributed by atoms with Crippen LogP contribution in [-0.4, -0.2) is 49.1 Å². The van der Waals surface area contributed by atoms with E-state index in [-0.39, 0.29) is 11.0 Å². The molecule has 0 spiro atoms. The van der Waals surface area contributed by atoms with Crippen LogP contribution in [0.4, 0.5) is 11.4 Å². The zero-order valence-electron chi connectivity index (χ0n) is 14.8. The van der Waals surface area contributed by atoms with Crippen molar-refractivity contribution in [1.82, 2.24) is 10.2 Å². The van der Waals surface area contributed by atoms with E-state index in [1.54, 1.807) is 12.1 Å². The van der Waals surface area contributed by atoms with Gasteiger partial charge < -0.3 is 15.1 Å². The lowest BCUT2D eigenvalue weighted by molar-refractivity contribution is 0.0978. The van der Waals surface area contributed by atoms with Gasteiger partial charge >= 0.3 is 0 Å². The topological polar surface area (TPSA) is 47.6 Å². The second-order valence-corrected chi connectivity index (χ2v) is 8.43. The molecule has 1 heterocycles. The summed E-state index contributed by atoms with van der Waals surface area (Å²) in [6, 6.07) is 13.3. The third kappa shape index (κ3) is 5.54. The molecule has 0 radical (unpaired) electrons. The molecule has 142 valence electrons. The molecule has 1 saturated heterocycles. The molecular weight excluding hydrogens is 495 g/mol. The molecule has 0 unspecified atom stereocenters. The van der Waals surface area contributed by atoms with Gasteiger partial charge in [-0.05, 0) is 84.3 Å². The Balaban J connectivity index is 1.57. The van der Waals surface area contributed by atoms with E-state index in [1.165, 1.54) is 5.69 Å². The molecule has 1 aliphatic rings. The lowest BCUT2D eigenvalue weighted by Gasteiger charge is -2.34. The molecule has 27 heavy (non-hydrogen) atoms. The Morgan fingerprint density at radius 3 is 2.44 bits per heavy atom. The van der Waals surface area contributed by atoms with Crippen LogP contribution in [0.3, 0.4) is 0 Å². The summed E-state index contributed by atoms with van der Waals surface area (Å²) in [6.07, 6.45) is 0. The number of thiocarbonyl (C=S) groups is 1. The van der Waals surface area contributed by atoms with Gasteiger partial charge in [0.05, 0.1) is 10.6 Å². The first-order valence-electron chi connectivity index (χ1n) is 8.53. The SMILES string of the molecule is CN1CCN(c2ccc(NC(=S)NC(=O)c3cc(I)ccc3Cl)cc2)CC1. The Kier molecular flexibility index (Phi) is 6.91. The molecule has 2 N–H and O–H groups in total. The Morgan fingerprint density at radius 1 is 1.11 bits per heavy atom. The van der Waals surface area contributed by atoms with E-state index in [4.69, 9.17) is 23.8 Å². The van der Waals surface area contributed by atoms with E-state index >= 15 is 0 Å². The number of halogens is 2. The number of likely N-dealkylation sites (N-methyl/N-ethyl adjacent to an activating group) is 1. The molecule has 0 aromatic heterocycles. The first kappa shape index (κ1) is 20.3. The third-order valence-electron chi connectivity index (χ3n) is 4.39. The minimum absolute atomic E-state index is 0.238. The predicted octanol–water partition coefficient (Wildman–Crippen LogP) is 3.82. The van der Waals surface area contributed by atoms with Crippen molar-refractivity contribution >= 4 is 68.8 Å². The van der Waals surface area contributed by atoms with Crippen molar-refractivity contribution < 1.29 is 4.79 Å². The maximum absolute atomic E-state index is 12.4. The predicted molar refractivity (Wildman–Crippen MR) is 124 cm³/mol. The molecule has 3 rings (SSSR count). The lowest BCUT2D eigenvalue weighted by Crippen LogP contribution is -2.44. The van der Waals surface area contributed by atoms with E-state index in [2.05, 4.69) is 62.2 Å². The van der Waals surface area contributed by atoms with Crippen molar-refractivity contribution in [2.45, 2.75) is 0 Å². The second kappa shape index (κ2) is 9.18. The van der Waals surface area contributed by atoms with Gasteiger partial charge in [0.15, 0.2) is 5.11 Å². The molecule has 5 nitrogen and oxygen atoms in total. The molecule has 2 aromatic rings. The van der Waals surface area contributed by atoms with Crippen molar-refractivity contribution in [3.8, 4) is 0 Å². The molecule has 0 bridgehead atoms.